The molecule has 1 fully saturated rings. The summed E-state index contributed by atoms with van der Waals surface area (Å²) in [6, 6.07) is 2.80. The fourth-order valence-corrected chi connectivity index (χ4v) is 3.31. The Labute approximate surface area is 120 Å². The molecule has 3 heteroatoms. The fourth-order valence-electron chi connectivity index (χ4n) is 3.31. The molecular weight excluding hydrogens is 258 g/mol. The lowest BCUT2D eigenvalue weighted by atomic mass is 9.77. The van der Waals surface area contributed by atoms with Crippen LogP contribution in [0.25, 0.3) is 0 Å². The first-order valence-electron chi connectivity index (χ1n) is 7.80. The maximum atomic E-state index is 13.9. The van der Waals surface area contributed by atoms with Gasteiger partial charge in [0.2, 0.25) is 5.82 Å². The van der Waals surface area contributed by atoms with Crippen molar-refractivity contribution >= 4 is 0 Å². The molecule has 2 rings (SSSR count). The van der Waals surface area contributed by atoms with Crippen molar-refractivity contribution in [3.63, 3.8) is 0 Å². The minimum atomic E-state index is -1.10. The number of hydrogen-bond donors (Lipinski definition) is 1. The van der Waals surface area contributed by atoms with Crippen LogP contribution >= 0.6 is 0 Å². The van der Waals surface area contributed by atoms with Crippen LogP contribution < -0.4 is 0 Å². The minimum Gasteiger partial charge on any atom is -0.505 e. The monoisotopic (exact) mass is 282 g/mol. The van der Waals surface area contributed by atoms with Gasteiger partial charge < -0.3 is 5.11 Å². The highest BCUT2D eigenvalue weighted by Crippen LogP contribution is 2.39. The quantitative estimate of drug-likeness (QED) is 0.704. The molecular formula is C17H24F2O. The average Bonchev–Trinajstić information content (AvgIpc) is 2.46. The SMILES string of the molecule is CCCCCC1CCC(c2ccc(O)c(F)c2F)CC1. The molecule has 1 N–H and O–H groups in total. The van der Waals surface area contributed by atoms with Crippen molar-refractivity contribution < 1.29 is 13.9 Å². The van der Waals surface area contributed by atoms with E-state index in [9.17, 15) is 13.9 Å². The van der Waals surface area contributed by atoms with E-state index in [4.69, 9.17) is 0 Å². The lowest BCUT2D eigenvalue weighted by molar-refractivity contribution is 0.296. The number of rotatable bonds is 5. The van der Waals surface area contributed by atoms with Gasteiger partial charge in [-0.25, -0.2) is 4.39 Å². The van der Waals surface area contributed by atoms with Crippen LogP contribution in [0.2, 0.25) is 0 Å². The largest absolute Gasteiger partial charge is 0.505 e. The van der Waals surface area contributed by atoms with Gasteiger partial charge in [0, 0.05) is 0 Å². The van der Waals surface area contributed by atoms with Gasteiger partial charge in [-0.1, -0.05) is 38.7 Å². The molecule has 0 unspecified atom stereocenters. The van der Waals surface area contributed by atoms with Gasteiger partial charge in [-0.2, -0.15) is 4.39 Å². The number of hydrogen-bond acceptors (Lipinski definition) is 1. The maximum Gasteiger partial charge on any atom is 0.200 e. The normalized spacial score (nSPS) is 22.9. The topological polar surface area (TPSA) is 20.2 Å². The lowest BCUT2D eigenvalue weighted by Crippen LogP contribution is -2.14. The number of halogens is 2. The molecule has 1 aliphatic rings. The summed E-state index contributed by atoms with van der Waals surface area (Å²) in [6.45, 7) is 2.21. The highest BCUT2D eigenvalue weighted by Gasteiger charge is 2.26. The first-order valence-corrected chi connectivity index (χ1v) is 7.80. The van der Waals surface area contributed by atoms with E-state index in [0.717, 1.165) is 31.6 Å². The second kappa shape index (κ2) is 7.05. The van der Waals surface area contributed by atoms with Crippen LogP contribution in [0, 0.1) is 17.6 Å². The lowest BCUT2D eigenvalue weighted by Gasteiger charge is -2.29. The fraction of sp³-hybridized carbons (Fsp3) is 0.647. The first-order chi connectivity index (χ1) is 9.63. The van der Waals surface area contributed by atoms with Crippen molar-refractivity contribution in [1.29, 1.82) is 0 Å². The Morgan fingerprint density at radius 2 is 1.75 bits per heavy atom. The third kappa shape index (κ3) is 3.50. The van der Waals surface area contributed by atoms with Crippen molar-refractivity contribution in [2.75, 3.05) is 0 Å². The van der Waals surface area contributed by atoms with Crippen LogP contribution in [0.15, 0.2) is 12.1 Å². The molecule has 1 aromatic rings. The number of phenolic OH excluding ortho intramolecular Hbond substituents is 1. The van der Waals surface area contributed by atoms with Crippen molar-refractivity contribution in [3.8, 4) is 5.75 Å². The second-order valence-electron chi connectivity index (χ2n) is 6.02. The van der Waals surface area contributed by atoms with E-state index in [0.29, 0.717) is 5.56 Å². The number of benzene rings is 1. The van der Waals surface area contributed by atoms with Gasteiger partial charge in [0.05, 0.1) is 0 Å². The van der Waals surface area contributed by atoms with Gasteiger partial charge in [0.15, 0.2) is 11.6 Å². The predicted molar refractivity (Wildman–Crippen MR) is 76.9 cm³/mol. The summed E-state index contributed by atoms with van der Waals surface area (Å²) >= 11 is 0. The first kappa shape index (κ1) is 15.3. The minimum absolute atomic E-state index is 0.104. The van der Waals surface area contributed by atoms with Gasteiger partial charge >= 0.3 is 0 Å². The molecule has 0 heterocycles. The van der Waals surface area contributed by atoms with Crippen LogP contribution in [0.1, 0.15) is 69.8 Å². The molecule has 1 aliphatic carbocycles. The number of aromatic hydroxyl groups is 1. The number of unbranched alkanes of at least 4 members (excludes halogenated alkanes) is 2. The van der Waals surface area contributed by atoms with Crippen molar-refractivity contribution in [2.45, 2.75) is 64.2 Å². The van der Waals surface area contributed by atoms with Crippen LogP contribution in [0.4, 0.5) is 8.78 Å². The Kier molecular flexibility index (Phi) is 5.38. The Bertz CT molecular complexity index is 437. The smallest absolute Gasteiger partial charge is 0.200 e. The number of phenols is 1. The molecule has 0 saturated heterocycles. The van der Waals surface area contributed by atoms with Crippen molar-refractivity contribution in [2.24, 2.45) is 5.92 Å². The Hall–Kier alpha value is -1.12. The molecule has 0 atom stereocenters. The molecule has 0 bridgehead atoms. The standard InChI is InChI=1S/C17H24F2O/c1-2-3-4-5-12-6-8-13(9-7-12)14-10-11-15(20)17(19)16(14)18/h10-13,20H,2-9H2,1H3. The van der Waals surface area contributed by atoms with Gasteiger partial charge in [0.25, 0.3) is 0 Å². The van der Waals surface area contributed by atoms with Crippen molar-refractivity contribution in [1.82, 2.24) is 0 Å². The zero-order chi connectivity index (χ0) is 14.5. The third-order valence-electron chi connectivity index (χ3n) is 4.59. The summed E-state index contributed by atoms with van der Waals surface area (Å²) in [5, 5.41) is 9.17. The molecule has 0 radical (unpaired) electrons. The van der Waals surface area contributed by atoms with Gasteiger partial charge in [-0.05, 0) is 49.1 Å². The maximum absolute atomic E-state index is 13.9. The molecule has 0 amide bonds. The van der Waals surface area contributed by atoms with E-state index >= 15 is 0 Å². The zero-order valence-corrected chi connectivity index (χ0v) is 12.2. The molecule has 112 valence electrons. The van der Waals surface area contributed by atoms with Crippen molar-refractivity contribution in [3.05, 3.63) is 29.3 Å². The van der Waals surface area contributed by atoms with E-state index in [1.807, 2.05) is 0 Å². The molecule has 0 aliphatic heterocycles. The molecule has 20 heavy (non-hydrogen) atoms. The highest BCUT2D eigenvalue weighted by atomic mass is 19.2. The van der Waals surface area contributed by atoms with Crippen LogP contribution in [0.5, 0.6) is 5.75 Å². The van der Waals surface area contributed by atoms with Gasteiger partial charge in [0.1, 0.15) is 0 Å². The molecule has 0 spiro atoms. The van der Waals surface area contributed by atoms with Crippen LogP contribution in [-0.4, -0.2) is 5.11 Å². The Morgan fingerprint density at radius 1 is 1.05 bits per heavy atom. The Balaban J connectivity index is 1.92. The van der Waals surface area contributed by atoms with E-state index in [1.165, 1.54) is 37.8 Å². The van der Waals surface area contributed by atoms with E-state index in [-0.39, 0.29) is 5.92 Å². The average molecular weight is 282 g/mol. The third-order valence-corrected chi connectivity index (χ3v) is 4.59. The molecule has 1 saturated carbocycles. The van der Waals surface area contributed by atoms with Gasteiger partial charge in [-0.3, -0.25) is 0 Å². The highest BCUT2D eigenvalue weighted by molar-refractivity contribution is 5.32. The summed E-state index contributed by atoms with van der Waals surface area (Å²) in [5.41, 5.74) is 0.437. The van der Waals surface area contributed by atoms with Gasteiger partial charge in [-0.15, -0.1) is 0 Å². The van der Waals surface area contributed by atoms with E-state index < -0.39 is 17.4 Å². The summed E-state index contributed by atoms with van der Waals surface area (Å²) in [4.78, 5) is 0. The van der Waals surface area contributed by atoms with E-state index in [2.05, 4.69) is 6.92 Å². The summed E-state index contributed by atoms with van der Waals surface area (Å²) in [6.07, 6.45) is 9.16. The second-order valence-corrected chi connectivity index (χ2v) is 6.02. The summed E-state index contributed by atoms with van der Waals surface area (Å²) in [5.74, 6) is -1.71. The summed E-state index contributed by atoms with van der Waals surface area (Å²) < 4.78 is 27.3. The predicted octanol–water partition coefficient (Wildman–Crippen LogP) is 5.52. The molecule has 0 aromatic heterocycles. The Morgan fingerprint density at radius 3 is 2.40 bits per heavy atom. The van der Waals surface area contributed by atoms with E-state index in [1.54, 1.807) is 0 Å². The van der Waals surface area contributed by atoms with Crippen LogP contribution in [-0.2, 0) is 0 Å². The van der Waals surface area contributed by atoms with Crippen LogP contribution in [0.3, 0.4) is 0 Å². The zero-order valence-electron chi connectivity index (χ0n) is 12.2. The summed E-state index contributed by atoms with van der Waals surface area (Å²) in [7, 11) is 0. The molecule has 1 aromatic carbocycles. The molecule has 1 nitrogen and oxygen atoms in total.